The molecular weight excluding hydrogens is 186 g/mol. The van der Waals surface area contributed by atoms with Crippen LogP contribution >= 0.6 is 11.8 Å². The highest BCUT2D eigenvalue weighted by Gasteiger charge is 2.05. The van der Waals surface area contributed by atoms with Crippen molar-refractivity contribution in [2.75, 3.05) is 6.54 Å². The number of carbonyl (C=O) groups is 2. The van der Waals surface area contributed by atoms with Crippen LogP contribution in [0.5, 0.6) is 0 Å². The Morgan fingerprint density at radius 3 is 2.31 bits per heavy atom. The molecular formula is C9H17NO2S. The van der Waals surface area contributed by atoms with Gasteiger partial charge in [-0.1, -0.05) is 12.8 Å². The zero-order valence-electron chi connectivity index (χ0n) is 8.04. The van der Waals surface area contributed by atoms with Crippen LogP contribution in [0, 0.1) is 0 Å². The molecule has 4 heteroatoms. The first-order valence-electron chi connectivity index (χ1n) is 4.58. The van der Waals surface area contributed by atoms with Gasteiger partial charge in [0.25, 0.3) is 0 Å². The molecule has 0 amide bonds. The molecule has 0 unspecified atom stereocenters. The van der Waals surface area contributed by atoms with E-state index in [1.165, 1.54) is 6.92 Å². The van der Waals surface area contributed by atoms with Gasteiger partial charge in [0.1, 0.15) is 0 Å². The molecule has 0 aliphatic heterocycles. The van der Waals surface area contributed by atoms with Crippen LogP contribution in [0.15, 0.2) is 0 Å². The number of rotatable bonds is 6. The van der Waals surface area contributed by atoms with Crippen molar-refractivity contribution in [2.24, 2.45) is 5.73 Å². The molecule has 0 bridgehead atoms. The van der Waals surface area contributed by atoms with Crippen molar-refractivity contribution in [1.29, 1.82) is 0 Å². The first kappa shape index (κ1) is 12.7. The number of unbranched alkanes of at least 4 members (excludes halogenated alkanes) is 3. The lowest BCUT2D eigenvalue weighted by molar-refractivity contribution is -0.112. The van der Waals surface area contributed by atoms with E-state index in [1.54, 1.807) is 0 Å². The summed E-state index contributed by atoms with van der Waals surface area (Å²) >= 11 is 0.816. The topological polar surface area (TPSA) is 60.2 Å². The lowest BCUT2D eigenvalue weighted by Gasteiger charge is -1.98. The van der Waals surface area contributed by atoms with Crippen LogP contribution in [0.3, 0.4) is 0 Å². The first-order valence-corrected chi connectivity index (χ1v) is 5.39. The van der Waals surface area contributed by atoms with Gasteiger partial charge < -0.3 is 5.73 Å². The second-order valence-corrected chi connectivity index (χ2v) is 4.15. The minimum Gasteiger partial charge on any atom is -0.330 e. The maximum Gasteiger partial charge on any atom is 0.196 e. The second-order valence-electron chi connectivity index (χ2n) is 2.92. The van der Waals surface area contributed by atoms with Crippen molar-refractivity contribution in [3.05, 3.63) is 0 Å². The van der Waals surface area contributed by atoms with Gasteiger partial charge >= 0.3 is 0 Å². The Balaban J connectivity index is 3.22. The van der Waals surface area contributed by atoms with Crippen LogP contribution in [0.25, 0.3) is 0 Å². The van der Waals surface area contributed by atoms with Gasteiger partial charge in [0.05, 0.1) is 0 Å². The highest BCUT2D eigenvalue weighted by Crippen LogP contribution is 2.10. The summed E-state index contributed by atoms with van der Waals surface area (Å²) in [5.74, 6) is 0. The first-order chi connectivity index (χ1) is 6.16. The van der Waals surface area contributed by atoms with Crippen molar-refractivity contribution in [3.63, 3.8) is 0 Å². The molecule has 0 aromatic rings. The van der Waals surface area contributed by atoms with Crippen molar-refractivity contribution in [2.45, 2.75) is 39.0 Å². The predicted octanol–water partition coefficient (Wildman–Crippen LogP) is 1.70. The molecule has 0 radical (unpaired) electrons. The van der Waals surface area contributed by atoms with Gasteiger partial charge in [-0.25, -0.2) is 0 Å². The van der Waals surface area contributed by atoms with Gasteiger partial charge in [-0.3, -0.25) is 9.59 Å². The molecule has 76 valence electrons. The van der Waals surface area contributed by atoms with Crippen molar-refractivity contribution < 1.29 is 9.59 Å². The Kier molecular flexibility index (Phi) is 8.04. The predicted molar refractivity (Wildman–Crippen MR) is 55.4 cm³/mol. The molecule has 0 spiro atoms. The third-order valence-corrected chi connectivity index (χ3v) is 2.31. The maximum absolute atomic E-state index is 11.0. The van der Waals surface area contributed by atoms with Crippen molar-refractivity contribution in [3.8, 4) is 0 Å². The van der Waals surface area contributed by atoms with E-state index in [2.05, 4.69) is 0 Å². The summed E-state index contributed by atoms with van der Waals surface area (Å²) in [4.78, 5) is 21.5. The van der Waals surface area contributed by atoms with Crippen LogP contribution < -0.4 is 5.73 Å². The summed E-state index contributed by atoms with van der Waals surface area (Å²) in [6.07, 6.45) is 4.51. The van der Waals surface area contributed by atoms with Crippen LogP contribution in [0.1, 0.15) is 39.0 Å². The standard InChI is InChI=1S/C9H17NO2S/c1-8(11)13-9(12)6-4-2-3-5-7-10/h2-7,10H2,1H3. The Hall–Kier alpha value is -0.350. The van der Waals surface area contributed by atoms with Gasteiger partial charge in [-0.15, -0.1) is 0 Å². The average molecular weight is 203 g/mol. The molecule has 0 saturated heterocycles. The average Bonchev–Trinajstić information content (AvgIpc) is 2.02. The van der Waals surface area contributed by atoms with Gasteiger partial charge in [-0.05, 0) is 31.1 Å². The molecule has 3 nitrogen and oxygen atoms in total. The van der Waals surface area contributed by atoms with E-state index in [0.717, 1.165) is 44.0 Å². The second kappa shape index (κ2) is 8.26. The fourth-order valence-electron chi connectivity index (χ4n) is 0.979. The molecule has 0 aromatic carbocycles. The van der Waals surface area contributed by atoms with Crippen LogP contribution in [0.4, 0.5) is 0 Å². The summed E-state index contributed by atoms with van der Waals surface area (Å²) in [7, 11) is 0. The maximum atomic E-state index is 11.0. The third-order valence-electron chi connectivity index (χ3n) is 1.59. The van der Waals surface area contributed by atoms with Gasteiger partial charge in [0.15, 0.2) is 10.2 Å². The highest BCUT2D eigenvalue weighted by atomic mass is 32.2. The quantitative estimate of drug-likeness (QED) is 0.667. The molecule has 0 atom stereocenters. The molecule has 0 heterocycles. The molecule has 0 rings (SSSR count). The van der Waals surface area contributed by atoms with Crippen LogP contribution in [-0.2, 0) is 9.59 Å². The molecule has 0 aliphatic rings. The normalized spacial score (nSPS) is 10.0. The third kappa shape index (κ3) is 9.56. The molecule has 2 N–H and O–H groups in total. The Morgan fingerprint density at radius 2 is 1.77 bits per heavy atom. The number of hydrogen-bond acceptors (Lipinski definition) is 4. The summed E-state index contributed by atoms with van der Waals surface area (Å²) in [6.45, 7) is 2.13. The lowest BCUT2D eigenvalue weighted by Crippen LogP contribution is -1.99. The van der Waals surface area contributed by atoms with Crippen LogP contribution in [-0.4, -0.2) is 16.8 Å². The summed E-state index contributed by atoms with van der Waals surface area (Å²) in [6, 6.07) is 0. The molecule has 0 aliphatic carbocycles. The zero-order chi connectivity index (χ0) is 10.1. The lowest BCUT2D eigenvalue weighted by atomic mass is 10.1. The summed E-state index contributed by atoms with van der Waals surface area (Å²) in [5.41, 5.74) is 5.32. The van der Waals surface area contributed by atoms with Crippen molar-refractivity contribution in [1.82, 2.24) is 0 Å². The number of nitrogens with two attached hydrogens (primary N) is 1. The largest absolute Gasteiger partial charge is 0.330 e. The fraction of sp³-hybridized carbons (Fsp3) is 0.778. The minimum absolute atomic E-state index is 0.0137. The van der Waals surface area contributed by atoms with E-state index in [0.29, 0.717) is 6.42 Å². The van der Waals surface area contributed by atoms with Gasteiger partial charge in [-0.2, -0.15) is 0 Å². The molecule has 13 heavy (non-hydrogen) atoms. The fourth-order valence-corrected chi connectivity index (χ4v) is 1.55. The van der Waals surface area contributed by atoms with Gasteiger partial charge in [0, 0.05) is 13.3 Å². The number of thioether (sulfide) groups is 1. The molecule has 0 fully saturated rings. The van der Waals surface area contributed by atoms with E-state index >= 15 is 0 Å². The zero-order valence-corrected chi connectivity index (χ0v) is 8.86. The Morgan fingerprint density at radius 1 is 1.15 bits per heavy atom. The minimum atomic E-state index is -0.119. The molecule has 0 saturated carbocycles. The molecule has 0 aromatic heterocycles. The Bertz CT molecular complexity index is 171. The van der Waals surface area contributed by atoms with E-state index < -0.39 is 0 Å². The van der Waals surface area contributed by atoms with E-state index in [1.807, 2.05) is 0 Å². The van der Waals surface area contributed by atoms with Gasteiger partial charge in [0.2, 0.25) is 0 Å². The highest BCUT2D eigenvalue weighted by molar-refractivity contribution is 8.26. The van der Waals surface area contributed by atoms with Crippen LogP contribution in [0.2, 0.25) is 0 Å². The number of hydrogen-bond donors (Lipinski definition) is 1. The van der Waals surface area contributed by atoms with E-state index in [4.69, 9.17) is 5.73 Å². The van der Waals surface area contributed by atoms with E-state index in [9.17, 15) is 9.59 Å². The number of carbonyl (C=O) groups excluding carboxylic acids is 2. The Labute approximate surface area is 83.4 Å². The summed E-state index contributed by atoms with van der Waals surface area (Å²) < 4.78 is 0. The van der Waals surface area contributed by atoms with Crippen molar-refractivity contribution >= 4 is 22.0 Å². The smallest absolute Gasteiger partial charge is 0.196 e. The van der Waals surface area contributed by atoms with E-state index in [-0.39, 0.29) is 10.2 Å². The SMILES string of the molecule is CC(=O)SC(=O)CCCCCCN. The monoisotopic (exact) mass is 203 g/mol. The summed E-state index contributed by atoms with van der Waals surface area (Å²) in [5, 5.41) is -0.132.